The number of nitrogens with one attached hydrogen (secondary N) is 2. The lowest BCUT2D eigenvalue weighted by Gasteiger charge is -2.13. The predicted octanol–water partition coefficient (Wildman–Crippen LogP) is 2.18. The van der Waals surface area contributed by atoms with Gasteiger partial charge in [-0.2, -0.15) is 0 Å². The highest BCUT2D eigenvalue weighted by Gasteiger charge is 2.06. The van der Waals surface area contributed by atoms with E-state index in [0.717, 1.165) is 61.5 Å². The second-order valence-corrected chi connectivity index (χ2v) is 6.42. The van der Waals surface area contributed by atoms with Crippen molar-refractivity contribution in [2.24, 2.45) is 12.0 Å². The van der Waals surface area contributed by atoms with Gasteiger partial charge in [-0.25, -0.2) is 4.99 Å². The molecule has 0 unspecified atom stereocenters. The first-order valence-electron chi connectivity index (χ1n) is 9.71. The van der Waals surface area contributed by atoms with Crippen LogP contribution in [0.2, 0.25) is 0 Å². The normalized spacial score (nSPS) is 11.5. The van der Waals surface area contributed by atoms with Gasteiger partial charge in [0.05, 0.1) is 20.2 Å². The van der Waals surface area contributed by atoms with Crippen molar-refractivity contribution in [3.8, 4) is 5.75 Å². The largest absolute Gasteiger partial charge is 0.497 e. The van der Waals surface area contributed by atoms with Crippen LogP contribution in [0.5, 0.6) is 5.75 Å². The quantitative estimate of drug-likeness (QED) is 0.349. The molecule has 0 radical (unpaired) electrons. The summed E-state index contributed by atoms with van der Waals surface area (Å²) in [6.45, 7) is 7.48. The molecule has 0 aliphatic rings. The Bertz CT molecular complexity index is 727. The van der Waals surface area contributed by atoms with E-state index < -0.39 is 0 Å². The molecule has 0 saturated carbocycles. The number of rotatable bonds is 11. The molecule has 154 valence electrons. The Balaban J connectivity index is 1.92. The summed E-state index contributed by atoms with van der Waals surface area (Å²) in [7, 11) is 3.63. The third-order valence-corrected chi connectivity index (χ3v) is 4.39. The zero-order chi connectivity index (χ0) is 20.2. The lowest BCUT2D eigenvalue weighted by molar-refractivity contribution is 0.143. The second-order valence-electron chi connectivity index (χ2n) is 6.42. The molecule has 0 atom stereocenters. The van der Waals surface area contributed by atoms with Gasteiger partial charge in [0.25, 0.3) is 0 Å². The summed E-state index contributed by atoms with van der Waals surface area (Å²) >= 11 is 0. The Morgan fingerprint density at radius 1 is 1.14 bits per heavy atom. The highest BCUT2D eigenvalue weighted by Crippen LogP contribution is 2.11. The molecule has 0 spiro atoms. The van der Waals surface area contributed by atoms with Crippen molar-refractivity contribution >= 4 is 5.96 Å². The molecule has 2 N–H and O–H groups in total. The number of nitrogens with zero attached hydrogens (tertiary/aromatic N) is 4. The number of guanidine groups is 1. The van der Waals surface area contributed by atoms with Crippen molar-refractivity contribution in [1.82, 2.24) is 25.4 Å². The highest BCUT2D eigenvalue weighted by molar-refractivity contribution is 5.79. The van der Waals surface area contributed by atoms with Crippen LogP contribution in [-0.2, 0) is 24.9 Å². The van der Waals surface area contributed by atoms with Crippen LogP contribution in [0, 0.1) is 6.92 Å². The van der Waals surface area contributed by atoms with Gasteiger partial charge < -0.3 is 24.7 Å². The Hall–Kier alpha value is -2.61. The average Bonchev–Trinajstić information content (AvgIpc) is 3.04. The maximum atomic E-state index is 5.38. The van der Waals surface area contributed by atoms with Crippen molar-refractivity contribution in [3.05, 3.63) is 41.5 Å². The number of benzene rings is 1. The van der Waals surface area contributed by atoms with Crippen molar-refractivity contribution < 1.29 is 9.47 Å². The molecule has 8 nitrogen and oxygen atoms in total. The standard InChI is InChI=1S/C20H32N6O2/c1-5-28-13-7-6-12-21-20(23-15-19-25-24-16(2)26(19)3)22-14-17-8-10-18(27-4)11-9-17/h8-11H,5-7,12-15H2,1-4H3,(H2,21,22,23). The summed E-state index contributed by atoms with van der Waals surface area (Å²) in [6, 6.07) is 7.94. The molecule has 1 heterocycles. The fourth-order valence-corrected chi connectivity index (χ4v) is 2.52. The first-order valence-corrected chi connectivity index (χ1v) is 9.71. The number of hydrogen-bond donors (Lipinski definition) is 2. The number of aromatic nitrogens is 3. The first kappa shape index (κ1) is 21.7. The predicted molar refractivity (Wildman–Crippen MR) is 110 cm³/mol. The van der Waals surface area contributed by atoms with Crippen LogP contribution in [0.3, 0.4) is 0 Å². The molecule has 0 saturated heterocycles. The van der Waals surface area contributed by atoms with E-state index in [0.29, 0.717) is 13.1 Å². The Labute approximate surface area is 167 Å². The van der Waals surface area contributed by atoms with Crippen molar-refractivity contribution in [2.45, 2.75) is 39.8 Å². The number of unbranched alkanes of at least 4 members (excludes halogenated alkanes) is 1. The highest BCUT2D eigenvalue weighted by atomic mass is 16.5. The minimum atomic E-state index is 0.560. The van der Waals surface area contributed by atoms with E-state index in [2.05, 4.69) is 20.8 Å². The Morgan fingerprint density at radius 2 is 1.93 bits per heavy atom. The smallest absolute Gasteiger partial charge is 0.191 e. The fourth-order valence-electron chi connectivity index (χ4n) is 2.52. The zero-order valence-corrected chi connectivity index (χ0v) is 17.4. The molecule has 8 heteroatoms. The molecular weight excluding hydrogens is 356 g/mol. The maximum absolute atomic E-state index is 5.38. The van der Waals surface area contributed by atoms with Crippen LogP contribution in [0.25, 0.3) is 0 Å². The van der Waals surface area contributed by atoms with Crippen LogP contribution >= 0.6 is 0 Å². The number of aryl methyl sites for hydroxylation is 1. The topological polar surface area (TPSA) is 85.6 Å². The molecule has 0 fully saturated rings. The van der Waals surface area contributed by atoms with Gasteiger partial charge in [-0.1, -0.05) is 12.1 Å². The van der Waals surface area contributed by atoms with Crippen LogP contribution in [0.1, 0.15) is 37.0 Å². The summed E-state index contributed by atoms with van der Waals surface area (Å²) in [6.07, 6.45) is 2.04. The van der Waals surface area contributed by atoms with E-state index in [1.807, 2.05) is 49.7 Å². The van der Waals surface area contributed by atoms with Gasteiger partial charge in [-0.3, -0.25) is 0 Å². The van der Waals surface area contributed by atoms with Crippen LogP contribution < -0.4 is 15.4 Å². The molecule has 0 aliphatic heterocycles. The first-order chi connectivity index (χ1) is 13.6. The van der Waals surface area contributed by atoms with Crippen LogP contribution in [0.15, 0.2) is 29.3 Å². The van der Waals surface area contributed by atoms with Crippen LogP contribution in [0.4, 0.5) is 0 Å². The summed E-state index contributed by atoms with van der Waals surface area (Å²) in [5.74, 6) is 3.36. The maximum Gasteiger partial charge on any atom is 0.191 e. The third-order valence-electron chi connectivity index (χ3n) is 4.39. The molecule has 2 aromatic rings. The summed E-state index contributed by atoms with van der Waals surface area (Å²) in [5.41, 5.74) is 1.12. The van der Waals surface area contributed by atoms with E-state index >= 15 is 0 Å². The summed E-state index contributed by atoms with van der Waals surface area (Å²) in [5, 5.41) is 15.0. The molecule has 1 aromatic carbocycles. The minimum absolute atomic E-state index is 0.560. The van der Waals surface area contributed by atoms with Gasteiger partial charge >= 0.3 is 0 Å². The van der Waals surface area contributed by atoms with E-state index in [4.69, 9.17) is 14.5 Å². The lowest BCUT2D eigenvalue weighted by atomic mass is 10.2. The second kappa shape index (κ2) is 12.0. The number of methoxy groups -OCH3 is 1. The van der Waals surface area contributed by atoms with Crippen LogP contribution in [-0.4, -0.2) is 47.6 Å². The monoisotopic (exact) mass is 388 g/mol. The van der Waals surface area contributed by atoms with Crippen molar-refractivity contribution in [3.63, 3.8) is 0 Å². The lowest BCUT2D eigenvalue weighted by Crippen LogP contribution is -2.38. The summed E-state index contributed by atoms with van der Waals surface area (Å²) < 4.78 is 12.6. The van der Waals surface area contributed by atoms with Crippen molar-refractivity contribution in [2.75, 3.05) is 26.9 Å². The molecule has 28 heavy (non-hydrogen) atoms. The van der Waals surface area contributed by atoms with Crippen molar-refractivity contribution in [1.29, 1.82) is 0 Å². The van der Waals surface area contributed by atoms with Gasteiger partial charge in [0.15, 0.2) is 11.8 Å². The van der Waals surface area contributed by atoms with Gasteiger partial charge in [0.2, 0.25) is 0 Å². The number of hydrogen-bond acceptors (Lipinski definition) is 5. The number of aliphatic imine (C=N–C) groups is 1. The molecule has 1 aromatic heterocycles. The SMILES string of the molecule is CCOCCCCNC(=NCc1ccc(OC)cc1)NCc1nnc(C)n1C. The molecule has 0 bridgehead atoms. The van der Waals surface area contributed by atoms with Gasteiger partial charge in [-0.05, 0) is 44.4 Å². The van der Waals surface area contributed by atoms with E-state index in [1.54, 1.807) is 7.11 Å². The van der Waals surface area contributed by atoms with Gasteiger partial charge in [0.1, 0.15) is 11.6 Å². The van der Waals surface area contributed by atoms with E-state index in [1.165, 1.54) is 0 Å². The van der Waals surface area contributed by atoms with E-state index in [-0.39, 0.29) is 0 Å². The zero-order valence-electron chi connectivity index (χ0n) is 17.4. The Kier molecular flexibility index (Phi) is 9.27. The van der Waals surface area contributed by atoms with E-state index in [9.17, 15) is 0 Å². The molecule has 0 aliphatic carbocycles. The average molecular weight is 389 g/mol. The fraction of sp³-hybridized carbons (Fsp3) is 0.550. The molecule has 0 amide bonds. The summed E-state index contributed by atoms with van der Waals surface area (Å²) in [4.78, 5) is 4.70. The van der Waals surface area contributed by atoms with Gasteiger partial charge in [-0.15, -0.1) is 10.2 Å². The third kappa shape index (κ3) is 7.19. The van der Waals surface area contributed by atoms with Gasteiger partial charge in [0, 0.05) is 26.8 Å². The Morgan fingerprint density at radius 3 is 2.57 bits per heavy atom. The minimum Gasteiger partial charge on any atom is -0.497 e. The number of ether oxygens (including phenoxy) is 2. The molecular formula is C20H32N6O2. The molecule has 2 rings (SSSR count).